The van der Waals surface area contributed by atoms with E-state index in [1.807, 2.05) is 6.07 Å². The summed E-state index contributed by atoms with van der Waals surface area (Å²) in [7, 11) is 0. The number of halogens is 2. The minimum atomic E-state index is -0.737. The first-order valence-corrected chi connectivity index (χ1v) is 9.95. The summed E-state index contributed by atoms with van der Waals surface area (Å²) in [4.78, 5) is 12.6. The van der Waals surface area contributed by atoms with E-state index in [1.54, 1.807) is 13.0 Å². The molecule has 3 nitrogen and oxygen atoms in total. The Balaban J connectivity index is 1.48. The summed E-state index contributed by atoms with van der Waals surface area (Å²) >= 11 is 0. The predicted octanol–water partition coefficient (Wildman–Crippen LogP) is 5.86. The average Bonchev–Trinajstić information content (AvgIpc) is 3.42. The standard InChI is InChI=1S/C24H23F2NO2/c1-13-4-5-17(16-6-7-16)10-19(13)22-8-9-23(29-22)24(28)27-15(3)18-11-20(25)14(2)21(26)12-18/h4-5,8-13,15-16,19H,2,6-7H2,1,3H3/p+1. The number of furan rings is 1. The normalized spacial score (nSPS) is 22.3. The van der Waals surface area contributed by atoms with Crippen molar-refractivity contribution in [1.29, 1.82) is 0 Å². The van der Waals surface area contributed by atoms with Crippen LogP contribution in [0.5, 0.6) is 0 Å². The van der Waals surface area contributed by atoms with Crippen LogP contribution in [-0.2, 0) is 0 Å². The zero-order valence-corrected chi connectivity index (χ0v) is 16.5. The van der Waals surface area contributed by atoms with Gasteiger partial charge >= 0.3 is 0 Å². The first-order valence-electron chi connectivity index (χ1n) is 9.95. The van der Waals surface area contributed by atoms with Crippen LogP contribution in [0.25, 0.3) is 0 Å². The number of amides is 1. The lowest BCUT2D eigenvalue weighted by atomic mass is 9.84. The van der Waals surface area contributed by atoms with Crippen molar-refractivity contribution in [3.8, 4) is 0 Å². The fourth-order valence-electron chi connectivity index (χ4n) is 3.71. The molecule has 3 unspecified atom stereocenters. The second kappa shape index (κ2) is 7.54. The zero-order valence-electron chi connectivity index (χ0n) is 16.5. The van der Waals surface area contributed by atoms with Gasteiger partial charge in [0.2, 0.25) is 17.2 Å². The number of allylic oxidation sites excluding steroid dienone is 4. The molecular weight excluding hydrogens is 372 g/mol. The van der Waals surface area contributed by atoms with Crippen LogP contribution in [0.3, 0.4) is 0 Å². The van der Waals surface area contributed by atoms with Gasteiger partial charge in [0.15, 0.2) is 5.76 Å². The smallest absolute Gasteiger partial charge is 0.287 e. The molecule has 29 heavy (non-hydrogen) atoms. The molecule has 5 heteroatoms. The van der Waals surface area contributed by atoms with Gasteiger partial charge in [-0.15, -0.1) is 8.78 Å². The number of carbonyl (C=O) groups is 1. The first kappa shape index (κ1) is 19.5. The van der Waals surface area contributed by atoms with Crippen LogP contribution in [0.15, 0.2) is 52.5 Å². The van der Waals surface area contributed by atoms with Gasteiger partial charge in [-0.25, -0.2) is 0 Å². The third-order valence-electron chi connectivity index (χ3n) is 5.77. The fourth-order valence-corrected chi connectivity index (χ4v) is 3.71. The SMILES string of the molecule is [CH2+]c1c(F)cc(C(C)NC(=O)c2ccc(C3C=C(C4CC4)C=CC3C)o2)cc1F. The van der Waals surface area contributed by atoms with Crippen LogP contribution in [0.2, 0.25) is 0 Å². The molecule has 150 valence electrons. The van der Waals surface area contributed by atoms with Crippen LogP contribution < -0.4 is 5.32 Å². The summed E-state index contributed by atoms with van der Waals surface area (Å²) in [5, 5.41) is 2.74. The van der Waals surface area contributed by atoms with Crippen LogP contribution in [-0.4, -0.2) is 5.91 Å². The number of benzene rings is 1. The molecule has 1 aromatic carbocycles. The highest BCUT2D eigenvalue weighted by Gasteiger charge is 2.30. The lowest BCUT2D eigenvalue weighted by Crippen LogP contribution is -2.26. The highest BCUT2D eigenvalue weighted by molar-refractivity contribution is 5.91. The van der Waals surface area contributed by atoms with Gasteiger partial charge in [0, 0.05) is 30.5 Å². The minimum absolute atomic E-state index is 0.0994. The molecule has 1 fully saturated rings. The Hall–Kier alpha value is -2.82. The molecule has 1 amide bonds. The van der Waals surface area contributed by atoms with Crippen molar-refractivity contribution in [3.63, 3.8) is 0 Å². The number of nitrogens with one attached hydrogen (secondary N) is 1. The van der Waals surface area contributed by atoms with E-state index >= 15 is 0 Å². The number of hydrogen-bond acceptors (Lipinski definition) is 2. The van der Waals surface area contributed by atoms with E-state index in [0.29, 0.717) is 11.5 Å². The first-order chi connectivity index (χ1) is 13.8. The van der Waals surface area contributed by atoms with Gasteiger partial charge in [0.25, 0.3) is 5.91 Å². The second-order valence-electron chi connectivity index (χ2n) is 8.05. The largest absolute Gasteiger partial charge is 0.455 e. The molecule has 0 bridgehead atoms. The van der Waals surface area contributed by atoms with E-state index in [0.717, 1.165) is 5.76 Å². The minimum Gasteiger partial charge on any atom is -0.455 e. The molecule has 3 atom stereocenters. The van der Waals surface area contributed by atoms with E-state index in [9.17, 15) is 13.6 Å². The molecule has 1 saturated carbocycles. The van der Waals surface area contributed by atoms with Crippen molar-refractivity contribution in [2.75, 3.05) is 0 Å². The van der Waals surface area contributed by atoms with Crippen LogP contribution >= 0.6 is 0 Å². The molecule has 1 heterocycles. The fraction of sp³-hybridized carbons (Fsp3) is 0.333. The molecule has 1 aromatic heterocycles. The summed E-state index contributed by atoms with van der Waals surface area (Å²) in [5.74, 6) is 0.0749. The van der Waals surface area contributed by atoms with Crippen LogP contribution in [0.1, 0.15) is 66.1 Å². The lowest BCUT2D eigenvalue weighted by molar-refractivity contribution is 0.0909. The molecule has 0 spiro atoms. The number of carbonyl (C=O) groups excluding carboxylic acids is 1. The molecule has 0 saturated heterocycles. The zero-order chi connectivity index (χ0) is 20.7. The monoisotopic (exact) mass is 396 g/mol. The third-order valence-corrected chi connectivity index (χ3v) is 5.77. The van der Waals surface area contributed by atoms with Crippen LogP contribution in [0, 0.1) is 30.4 Å². The summed E-state index contributed by atoms with van der Waals surface area (Å²) in [6.07, 6.45) is 9.11. The molecule has 2 aliphatic rings. The van der Waals surface area contributed by atoms with Gasteiger partial charge < -0.3 is 9.73 Å². The predicted molar refractivity (Wildman–Crippen MR) is 107 cm³/mol. The quantitative estimate of drug-likeness (QED) is 0.644. The lowest BCUT2D eigenvalue weighted by Gasteiger charge is -2.21. The number of rotatable bonds is 5. The molecule has 2 aliphatic carbocycles. The summed E-state index contributed by atoms with van der Waals surface area (Å²) in [5.41, 5.74) is 1.40. The molecular formula is C24H24F2NO2+. The summed E-state index contributed by atoms with van der Waals surface area (Å²) in [6, 6.07) is 5.26. The van der Waals surface area contributed by atoms with Gasteiger partial charge in [-0.2, -0.15) is 0 Å². The highest BCUT2D eigenvalue weighted by atomic mass is 19.1. The Morgan fingerprint density at radius 2 is 1.93 bits per heavy atom. The average molecular weight is 396 g/mol. The molecule has 0 radical (unpaired) electrons. The van der Waals surface area contributed by atoms with E-state index in [2.05, 4.69) is 37.4 Å². The molecule has 4 rings (SSSR count). The van der Waals surface area contributed by atoms with Gasteiger partial charge in [0.1, 0.15) is 5.76 Å². The van der Waals surface area contributed by atoms with E-state index in [-0.39, 0.29) is 23.2 Å². The topological polar surface area (TPSA) is 42.2 Å². The van der Waals surface area contributed by atoms with Crippen molar-refractivity contribution in [3.05, 3.63) is 89.3 Å². The van der Waals surface area contributed by atoms with Gasteiger partial charge in [-0.05, 0) is 49.3 Å². The van der Waals surface area contributed by atoms with Crippen molar-refractivity contribution in [2.45, 2.75) is 38.6 Å². The van der Waals surface area contributed by atoms with Crippen molar-refractivity contribution < 1.29 is 18.0 Å². The van der Waals surface area contributed by atoms with E-state index in [1.165, 1.54) is 30.5 Å². The van der Waals surface area contributed by atoms with Crippen LogP contribution in [0.4, 0.5) is 8.78 Å². The van der Waals surface area contributed by atoms with Gasteiger partial charge in [-0.3, -0.25) is 4.79 Å². The van der Waals surface area contributed by atoms with Gasteiger partial charge in [0.05, 0.1) is 6.04 Å². The molecule has 1 N–H and O–H groups in total. The maximum atomic E-state index is 13.8. The summed E-state index contributed by atoms with van der Waals surface area (Å²) < 4.78 is 33.4. The maximum Gasteiger partial charge on any atom is 0.287 e. The van der Waals surface area contributed by atoms with E-state index < -0.39 is 23.6 Å². The Bertz CT molecular complexity index is 977. The molecule has 2 aromatic rings. The Morgan fingerprint density at radius 1 is 1.24 bits per heavy atom. The Kier molecular flexibility index (Phi) is 5.07. The third kappa shape index (κ3) is 4.00. The van der Waals surface area contributed by atoms with Gasteiger partial charge in [-0.1, -0.05) is 25.2 Å². The highest BCUT2D eigenvalue weighted by Crippen LogP contribution is 2.42. The molecule has 0 aliphatic heterocycles. The Labute approximate surface area is 169 Å². The van der Waals surface area contributed by atoms with Crippen molar-refractivity contribution in [1.82, 2.24) is 5.32 Å². The number of hydrogen-bond donors (Lipinski definition) is 1. The second-order valence-corrected chi connectivity index (χ2v) is 8.05. The maximum absolute atomic E-state index is 13.8. The van der Waals surface area contributed by atoms with Crippen molar-refractivity contribution >= 4 is 5.91 Å². The Morgan fingerprint density at radius 3 is 2.59 bits per heavy atom. The van der Waals surface area contributed by atoms with E-state index in [4.69, 9.17) is 4.42 Å². The van der Waals surface area contributed by atoms with Crippen molar-refractivity contribution in [2.24, 2.45) is 11.8 Å². The summed E-state index contributed by atoms with van der Waals surface area (Å²) in [6.45, 7) is 7.13.